The van der Waals surface area contributed by atoms with Crippen LogP contribution in [0, 0.1) is 17.8 Å². The van der Waals surface area contributed by atoms with Gasteiger partial charge in [-0.3, -0.25) is 0 Å². The first-order valence-corrected chi connectivity index (χ1v) is 5.12. The fourth-order valence-corrected chi connectivity index (χ4v) is 3.41. The minimum absolute atomic E-state index is 0.358. The van der Waals surface area contributed by atoms with Crippen LogP contribution in [0.2, 0.25) is 0 Å². The standard InChI is InChI=1S/C10H17N/c11-10(7-5-6-7)8-3-1-2-4-9(8)10/h7-9H,1-6,11H2. The average Bonchev–Trinajstić information content (AvgIpc) is 2.88. The van der Waals surface area contributed by atoms with Crippen molar-refractivity contribution in [2.45, 2.75) is 44.1 Å². The average molecular weight is 151 g/mol. The molecule has 0 bridgehead atoms. The second-order valence-electron chi connectivity index (χ2n) is 4.77. The van der Waals surface area contributed by atoms with Crippen molar-refractivity contribution in [3.8, 4) is 0 Å². The van der Waals surface area contributed by atoms with Gasteiger partial charge in [0.15, 0.2) is 0 Å². The monoisotopic (exact) mass is 151 g/mol. The molecule has 0 aromatic rings. The van der Waals surface area contributed by atoms with Crippen LogP contribution < -0.4 is 5.73 Å². The van der Waals surface area contributed by atoms with Gasteiger partial charge in [0.25, 0.3) is 0 Å². The maximum atomic E-state index is 6.40. The summed E-state index contributed by atoms with van der Waals surface area (Å²) in [6.07, 6.45) is 8.65. The summed E-state index contributed by atoms with van der Waals surface area (Å²) < 4.78 is 0. The van der Waals surface area contributed by atoms with Crippen molar-refractivity contribution in [1.29, 1.82) is 0 Å². The molecule has 1 nitrogen and oxygen atoms in total. The van der Waals surface area contributed by atoms with Crippen LogP contribution in [0.25, 0.3) is 0 Å². The van der Waals surface area contributed by atoms with Crippen LogP contribution in [-0.4, -0.2) is 5.54 Å². The Morgan fingerprint density at radius 2 is 1.45 bits per heavy atom. The molecule has 0 aromatic heterocycles. The zero-order chi connectivity index (χ0) is 7.47. The van der Waals surface area contributed by atoms with E-state index in [0.717, 1.165) is 17.8 Å². The van der Waals surface area contributed by atoms with Gasteiger partial charge in [-0.15, -0.1) is 0 Å². The zero-order valence-corrected chi connectivity index (χ0v) is 7.05. The van der Waals surface area contributed by atoms with Crippen molar-refractivity contribution in [1.82, 2.24) is 0 Å². The van der Waals surface area contributed by atoms with Gasteiger partial charge in [0.05, 0.1) is 0 Å². The molecular formula is C10H17N. The first-order valence-electron chi connectivity index (χ1n) is 5.12. The molecule has 3 aliphatic carbocycles. The van der Waals surface area contributed by atoms with Crippen molar-refractivity contribution in [2.24, 2.45) is 23.5 Å². The van der Waals surface area contributed by atoms with Gasteiger partial charge in [-0.05, 0) is 43.4 Å². The summed E-state index contributed by atoms with van der Waals surface area (Å²) in [6, 6.07) is 0. The first kappa shape index (κ1) is 6.47. The predicted molar refractivity (Wildman–Crippen MR) is 45.1 cm³/mol. The van der Waals surface area contributed by atoms with E-state index in [4.69, 9.17) is 5.73 Å². The fourth-order valence-electron chi connectivity index (χ4n) is 3.41. The van der Waals surface area contributed by atoms with Crippen molar-refractivity contribution in [2.75, 3.05) is 0 Å². The molecule has 3 fully saturated rings. The summed E-state index contributed by atoms with van der Waals surface area (Å²) in [4.78, 5) is 0. The van der Waals surface area contributed by atoms with E-state index in [2.05, 4.69) is 0 Å². The Kier molecular flexibility index (Phi) is 1.07. The van der Waals surface area contributed by atoms with Crippen LogP contribution in [0.1, 0.15) is 38.5 Å². The van der Waals surface area contributed by atoms with E-state index < -0.39 is 0 Å². The summed E-state index contributed by atoms with van der Waals surface area (Å²) in [6.45, 7) is 0. The first-order chi connectivity index (χ1) is 5.33. The molecule has 62 valence electrons. The smallest absolute Gasteiger partial charge is 0.0246 e. The largest absolute Gasteiger partial charge is 0.324 e. The van der Waals surface area contributed by atoms with Crippen molar-refractivity contribution < 1.29 is 0 Å². The molecular weight excluding hydrogens is 134 g/mol. The molecule has 0 aromatic carbocycles. The Morgan fingerprint density at radius 3 is 1.91 bits per heavy atom. The highest BCUT2D eigenvalue weighted by Gasteiger charge is 2.67. The Hall–Kier alpha value is -0.0400. The van der Waals surface area contributed by atoms with E-state index in [1.165, 1.54) is 38.5 Å². The topological polar surface area (TPSA) is 26.0 Å². The lowest BCUT2D eigenvalue weighted by Gasteiger charge is -2.07. The second kappa shape index (κ2) is 1.82. The summed E-state index contributed by atoms with van der Waals surface area (Å²) in [5, 5.41) is 0. The van der Waals surface area contributed by atoms with Crippen LogP contribution in [0.15, 0.2) is 0 Å². The third kappa shape index (κ3) is 0.703. The molecule has 2 N–H and O–H groups in total. The third-order valence-electron chi connectivity index (χ3n) is 4.23. The van der Waals surface area contributed by atoms with Crippen molar-refractivity contribution in [3.05, 3.63) is 0 Å². The van der Waals surface area contributed by atoms with Gasteiger partial charge in [-0.25, -0.2) is 0 Å². The van der Waals surface area contributed by atoms with Crippen LogP contribution >= 0.6 is 0 Å². The Bertz CT molecular complexity index is 171. The van der Waals surface area contributed by atoms with Gasteiger partial charge in [0, 0.05) is 5.54 Å². The molecule has 3 saturated carbocycles. The lowest BCUT2D eigenvalue weighted by atomic mass is 10.0. The van der Waals surface area contributed by atoms with Gasteiger partial charge in [-0.2, -0.15) is 0 Å². The lowest BCUT2D eigenvalue weighted by Crippen LogP contribution is -2.29. The maximum Gasteiger partial charge on any atom is 0.0246 e. The molecule has 0 aliphatic heterocycles. The van der Waals surface area contributed by atoms with E-state index in [-0.39, 0.29) is 0 Å². The fraction of sp³-hybridized carbons (Fsp3) is 1.00. The summed E-state index contributed by atoms with van der Waals surface area (Å²) in [5.41, 5.74) is 6.76. The SMILES string of the molecule is NC1(C2CC2)C2CCCCC21. The van der Waals surface area contributed by atoms with Gasteiger partial charge < -0.3 is 5.73 Å². The molecule has 1 heteroatoms. The summed E-state index contributed by atoms with van der Waals surface area (Å²) in [5.74, 6) is 2.84. The summed E-state index contributed by atoms with van der Waals surface area (Å²) >= 11 is 0. The normalized spacial score (nSPS) is 55.4. The minimum Gasteiger partial charge on any atom is -0.324 e. The Labute approximate surface area is 68.3 Å². The third-order valence-corrected chi connectivity index (χ3v) is 4.23. The highest BCUT2D eigenvalue weighted by atomic mass is 14.9. The molecule has 3 rings (SSSR count). The van der Waals surface area contributed by atoms with E-state index in [9.17, 15) is 0 Å². The molecule has 0 heterocycles. The van der Waals surface area contributed by atoms with Gasteiger partial charge in [-0.1, -0.05) is 12.8 Å². The quantitative estimate of drug-likeness (QED) is 0.608. The van der Waals surface area contributed by atoms with Gasteiger partial charge in [0.1, 0.15) is 0 Å². The van der Waals surface area contributed by atoms with E-state index in [1.807, 2.05) is 0 Å². The van der Waals surface area contributed by atoms with E-state index in [0.29, 0.717) is 5.54 Å². The molecule has 0 amide bonds. The van der Waals surface area contributed by atoms with Crippen LogP contribution in [0.4, 0.5) is 0 Å². The van der Waals surface area contributed by atoms with Gasteiger partial charge in [0.2, 0.25) is 0 Å². The highest BCUT2D eigenvalue weighted by Crippen LogP contribution is 2.65. The molecule has 11 heavy (non-hydrogen) atoms. The molecule has 0 radical (unpaired) electrons. The van der Waals surface area contributed by atoms with Gasteiger partial charge >= 0.3 is 0 Å². The summed E-state index contributed by atoms with van der Waals surface area (Å²) in [7, 11) is 0. The molecule has 0 spiro atoms. The lowest BCUT2D eigenvalue weighted by molar-refractivity contribution is 0.480. The van der Waals surface area contributed by atoms with Crippen LogP contribution in [0.3, 0.4) is 0 Å². The Morgan fingerprint density at radius 1 is 0.909 bits per heavy atom. The predicted octanol–water partition coefficient (Wildman–Crippen LogP) is 1.91. The van der Waals surface area contributed by atoms with E-state index >= 15 is 0 Å². The number of hydrogen-bond donors (Lipinski definition) is 1. The number of nitrogens with two attached hydrogens (primary N) is 1. The number of rotatable bonds is 1. The minimum atomic E-state index is 0.358. The maximum absolute atomic E-state index is 6.40. The van der Waals surface area contributed by atoms with Crippen molar-refractivity contribution >= 4 is 0 Å². The molecule has 3 aliphatic rings. The van der Waals surface area contributed by atoms with Crippen LogP contribution in [-0.2, 0) is 0 Å². The number of fused-ring (bicyclic) bond motifs is 1. The molecule has 2 unspecified atom stereocenters. The van der Waals surface area contributed by atoms with Crippen LogP contribution in [0.5, 0.6) is 0 Å². The highest BCUT2D eigenvalue weighted by molar-refractivity contribution is 5.22. The molecule has 2 atom stereocenters. The van der Waals surface area contributed by atoms with Crippen molar-refractivity contribution in [3.63, 3.8) is 0 Å². The zero-order valence-electron chi connectivity index (χ0n) is 7.05. The Balaban J connectivity index is 1.80. The second-order valence-corrected chi connectivity index (χ2v) is 4.77. The molecule has 0 saturated heterocycles. The number of hydrogen-bond acceptors (Lipinski definition) is 1. The van der Waals surface area contributed by atoms with E-state index in [1.54, 1.807) is 0 Å².